The highest BCUT2D eigenvalue weighted by atomic mass is 16.5. The number of hydrogen-bond acceptors (Lipinski definition) is 7. The third kappa shape index (κ3) is 4.05. The van der Waals surface area contributed by atoms with Gasteiger partial charge in [0.15, 0.2) is 5.82 Å². The van der Waals surface area contributed by atoms with E-state index >= 15 is 0 Å². The maximum absolute atomic E-state index is 12.5. The smallest absolute Gasteiger partial charge is 0.227 e. The first-order valence-electron chi connectivity index (χ1n) is 17.2. The summed E-state index contributed by atoms with van der Waals surface area (Å²) in [4.78, 5) is 27.5. The fourth-order valence-electron chi connectivity index (χ4n) is 12.4. The number of nitrogens with zero attached hydrogens (tertiary/aromatic N) is 4. The second-order valence-corrected chi connectivity index (χ2v) is 16.3. The summed E-state index contributed by atoms with van der Waals surface area (Å²) in [7, 11) is 0. The lowest BCUT2D eigenvalue weighted by Crippen LogP contribution is -2.53. The minimum atomic E-state index is -0.0900. The van der Waals surface area contributed by atoms with Gasteiger partial charge in [-0.1, -0.05) is 37.1 Å². The van der Waals surface area contributed by atoms with E-state index in [1.807, 2.05) is 5.57 Å². The number of piperidine rings is 1. The fourth-order valence-corrected chi connectivity index (χ4v) is 12.4. The van der Waals surface area contributed by atoms with Gasteiger partial charge >= 0.3 is 0 Å². The second kappa shape index (κ2) is 9.68. The number of tetrazole rings is 1. The maximum Gasteiger partial charge on any atom is 0.227 e. The average Bonchev–Trinajstić information content (AvgIpc) is 3.22. The van der Waals surface area contributed by atoms with Crippen LogP contribution < -0.4 is 5.32 Å². The molecule has 9 heteroatoms. The molecular weight excluding hydrogens is 540 g/mol. The van der Waals surface area contributed by atoms with Crippen molar-refractivity contribution >= 4 is 11.7 Å². The molecule has 0 radical (unpaired) electrons. The van der Waals surface area contributed by atoms with Crippen molar-refractivity contribution in [2.75, 3.05) is 19.6 Å². The number of fused-ring (bicyclic) bond motifs is 3. The number of ether oxygens (including phenoxy) is 1. The number of Topliss-reactive ketones (excluding diaryl/α,β-unsaturated/α-hetero) is 1. The molecule has 234 valence electrons. The number of amides is 1. The zero-order valence-electron chi connectivity index (χ0n) is 26.6. The summed E-state index contributed by atoms with van der Waals surface area (Å²) in [6.07, 6.45) is 13.1. The third-order valence-corrected chi connectivity index (χ3v) is 14.4. The largest absolute Gasteiger partial charge is 0.369 e. The number of carbonyl (C=O) groups excluding carboxylic acids is 2. The summed E-state index contributed by atoms with van der Waals surface area (Å²) in [6, 6.07) is 0.397. The number of likely N-dealkylation sites (tertiary alicyclic amines) is 1. The van der Waals surface area contributed by atoms with E-state index in [4.69, 9.17) is 4.74 Å². The van der Waals surface area contributed by atoms with Gasteiger partial charge in [0, 0.05) is 44.4 Å². The lowest BCUT2D eigenvalue weighted by atomic mass is 9.51. The highest BCUT2D eigenvalue weighted by molar-refractivity contribution is 5.80. The molecule has 9 nitrogen and oxygen atoms in total. The van der Waals surface area contributed by atoms with Crippen molar-refractivity contribution in [1.82, 2.24) is 30.8 Å². The third-order valence-electron chi connectivity index (χ3n) is 14.4. The van der Waals surface area contributed by atoms with Crippen LogP contribution in [0.2, 0.25) is 0 Å². The van der Waals surface area contributed by atoms with Crippen molar-refractivity contribution in [1.29, 1.82) is 0 Å². The maximum atomic E-state index is 12.5. The number of allylic oxidation sites excluding steroid dienone is 1. The summed E-state index contributed by atoms with van der Waals surface area (Å²) < 4.78 is 7.31. The predicted molar refractivity (Wildman–Crippen MR) is 161 cm³/mol. The van der Waals surface area contributed by atoms with Crippen molar-refractivity contribution < 1.29 is 14.3 Å². The van der Waals surface area contributed by atoms with Crippen LogP contribution in [0.4, 0.5) is 0 Å². The number of carbonyl (C=O) groups is 2. The van der Waals surface area contributed by atoms with E-state index in [0.717, 1.165) is 51.1 Å². The van der Waals surface area contributed by atoms with Crippen LogP contribution in [-0.4, -0.2) is 74.6 Å². The number of ketones is 1. The van der Waals surface area contributed by atoms with Gasteiger partial charge in [-0.3, -0.25) is 14.5 Å². The molecule has 2 aliphatic heterocycles. The zero-order chi connectivity index (χ0) is 29.8. The summed E-state index contributed by atoms with van der Waals surface area (Å²) in [6.45, 7) is 12.4. The van der Waals surface area contributed by atoms with Crippen molar-refractivity contribution in [3.8, 4) is 0 Å². The Balaban J connectivity index is 0.997. The minimum absolute atomic E-state index is 0.0635. The Hall–Kier alpha value is -2.13. The first kappa shape index (κ1) is 28.4. The van der Waals surface area contributed by atoms with Crippen molar-refractivity contribution in [2.45, 2.75) is 122 Å². The quantitative estimate of drug-likeness (QED) is 0.489. The molecule has 4 saturated carbocycles. The summed E-state index contributed by atoms with van der Waals surface area (Å²) in [5.41, 5.74) is 4.58. The Morgan fingerprint density at radius 2 is 2.05 bits per heavy atom. The molecule has 5 aliphatic carbocycles. The topological polar surface area (TPSA) is 113 Å². The molecule has 6 fully saturated rings. The Bertz CT molecular complexity index is 1350. The van der Waals surface area contributed by atoms with Crippen LogP contribution in [0.25, 0.3) is 0 Å². The van der Waals surface area contributed by atoms with E-state index in [2.05, 4.69) is 58.5 Å². The number of aromatic nitrogens is 4. The molecule has 0 aromatic carbocycles. The van der Waals surface area contributed by atoms with Crippen LogP contribution in [0.3, 0.4) is 0 Å². The van der Waals surface area contributed by atoms with Crippen LogP contribution in [0, 0.1) is 39.9 Å². The normalized spacial score (nSPS) is 46.9. The number of aromatic amines is 1. The molecule has 2 N–H and O–H groups in total. The van der Waals surface area contributed by atoms with E-state index in [-0.39, 0.29) is 24.0 Å². The molecule has 1 aromatic heterocycles. The number of nitrogens with one attached hydrogen (secondary N) is 2. The first-order chi connectivity index (χ1) is 20.6. The molecule has 3 spiro atoms. The van der Waals surface area contributed by atoms with Gasteiger partial charge < -0.3 is 10.1 Å². The molecule has 8 rings (SSSR count). The molecule has 1 amide bonds. The van der Waals surface area contributed by atoms with Crippen LogP contribution in [0.1, 0.15) is 104 Å². The molecule has 43 heavy (non-hydrogen) atoms. The molecule has 3 heterocycles. The first-order valence-corrected chi connectivity index (χ1v) is 17.2. The summed E-state index contributed by atoms with van der Waals surface area (Å²) in [5.74, 6) is 3.27. The van der Waals surface area contributed by atoms with Crippen molar-refractivity contribution in [3.63, 3.8) is 0 Å². The number of rotatable bonds is 5. The van der Waals surface area contributed by atoms with Gasteiger partial charge in [-0.15, -0.1) is 10.2 Å². The van der Waals surface area contributed by atoms with Crippen molar-refractivity contribution in [2.24, 2.45) is 39.9 Å². The molecule has 0 bridgehead atoms. The highest BCUT2D eigenvalue weighted by Gasteiger charge is 2.80. The zero-order valence-corrected chi connectivity index (χ0v) is 26.6. The predicted octanol–water partition coefficient (Wildman–Crippen LogP) is 4.41. The van der Waals surface area contributed by atoms with Crippen LogP contribution in [0.5, 0.6) is 0 Å². The van der Waals surface area contributed by atoms with Gasteiger partial charge in [-0.25, -0.2) is 0 Å². The van der Waals surface area contributed by atoms with Gasteiger partial charge in [0.05, 0.1) is 18.1 Å². The number of H-pyrrole nitrogens is 1. The monoisotopic (exact) mass is 590 g/mol. The van der Waals surface area contributed by atoms with Gasteiger partial charge in [0.2, 0.25) is 5.91 Å². The summed E-state index contributed by atoms with van der Waals surface area (Å²) >= 11 is 0. The van der Waals surface area contributed by atoms with Crippen LogP contribution >= 0.6 is 0 Å². The van der Waals surface area contributed by atoms with Gasteiger partial charge in [0.25, 0.3) is 0 Å². The van der Waals surface area contributed by atoms with Crippen LogP contribution in [-0.2, 0) is 20.7 Å². The van der Waals surface area contributed by atoms with Crippen LogP contribution in [0.15, 0.2) is 11.1 Å². The summed E-state index contributed by atoms with van der Waals surface area (Å²) in [5, 5.41) is 16.9. The van der Waals surface area contributed by atoms with E-state index in [0.29, 0.717) is 58.2 Å². The minimum Gasteiger partial charge on any atom is -0.369 e. The van der Waals surface area contributed by atoms with Gasteiger partial charge in [-0.05, 0) is 98.7 Å². The SMILES string of the molecule is CC1=C2CC3C4(C)CCC(=O)CC4CCC34CC24CCC2(C1)OC1CC(C)CN(CCNC(=O)Cc3nn[nH]n3)C1C2C. The lowest BCUT2D eigenvalue weighted by Gasteiger charge is -2.53. The van der Waals surface area contributed by atoms with Crippen molar-refractivity contribution in [3.05, 3.63) is 17.0 Å². The van der Waals surface area contributed by atoms with E-state index < -0.39 is 0 Å². The Kier molecular flexibility index (Phi) is 6.38. The standard InChI is InChI=1S/C34H50N6O3/c1-20-13-26-30(40(18-20)12-11-35-29(42)16-28-36-38-39-37-28)22(3)34(43-26)10-9-32-19-33(32)8-5-23-14-24(41)6-7-31(23,4)27(33)15-25(32)21(2)17-34/h20,22-23,26-27,30H,5-19H2,1-4H3,(H,35,42)(H,36,37,38,39). The fraction of sp³-hybridized carbons (Fsp3) is 0.853. The van der Waals surface area contributed by atoms with E-state index in [9.17, 15) is 9.59 Å². The molecule has 2 saturated heterocycles. The lowest BCUT2D eigenvalue weighted by molar-refractivity contribution is -0.130. The highest BCUT2D eigenvalue weighted by Crippen LogP contribution is 2.87. The Morgan fingerprint density at radius 1 is 1.19 bits per heavy atom. The second-order valence-electron chi connectivity index (χ2n) is 16.3. The molecule has 1 aromatic rings. The Labute approximate surface area is 255 Å². The van der Waals surface area contributed by atoms with Gasteiger partial charge in [0.1, 0.15) is 5.78 Å². The molecular formula is C34H50N6O3. The molecule has 10 unspecified atom stereocenters. The van der Waals surface area contributed by atoms with E-state index in [1.54, 1.807) is 5.57 Å². The number of hydrogen-bond donors (Lipinski definition) is 2. The van der Waals surface area contributed by atoms with E-state index in [1.165, 1.54) is 38.5 Å². The Morgan fingerprint density at radius 3 is 2.86 bits per heavy atom. The molecule has 10 atom stereocenters. The average molecular weight is 591 g/mol. The molecule has 7 aliphatic rings. The van der Waals surface area contributed by atoms with Gasteiger partial charge in [-0.2, -0.15) is 5.21 Å².